The molecule has 10 heteroatoms. The molecule has 2 rings (SSSR count). The van der Waals surface area contributed by atoms with Crippen LogP contribution in [-0.2, 0) is 16.0 Å². The lowest BCUT2D eigenvalue weighted by molar-refractivity contribution is -0.149. The van der Waals surface area contributed by atoms with Crippen LogP contribution in [0, 0.1) is 0 Å². The summed E-state index contributed by atoms with van der Waals surface area (Å²) in [6.07, 6.45) is 0.829. The number of hydrogen-bond acceptors (Lipinski definition) is 5. The van der Waals surface area contributed by atoms with Gasteiger partial charge in [0.05, 0.1) is 13.2 Å². The van der Waals surface area contributed by atoms with Crippen LogP contribution in [0.3, 0.4) is 0 Å². The number of carboxylic acids is 1. The monoisotopic (exact) mass is 554 g/mol. The summed E-state index contributed by atoms with van der Waals surface area (Å²) in [6, 6.07) is 12.1. The van der Waals surface area contributed by atoms with Gasteiger partial charge >= 0.3 is 12.0 Å². The second-order valence-corrected chi connectivity index (χ2v) is 9.40. The highest BCUT2D eigenvalue weighted by atomic mass is 35.5. The van der Waals surface area contributed by atoms with Crippen molar-refractivity contribution in [3.8, 4) is 11.5 Å². The number of rotatable bonds is 16. The van der Waals surface area contributed by atoms with Crippen LogP contribution in [0.25, 0.3) is 0 Å². The van der Waals surface area contributed by atoms with E-state index in [2.05, 4.69) is 5.32 Å². The number of benzene rings is 2. The number of ether oxygens (including phenoxy) is 3. The predicted octanol–water partition coefficient (Wildman–Crippen LogP) is 5.68. The molecule has 8 nitrogen and oxygen atoms in total. The van der Waals surface area contributed by atoms with E-state index in [4.69, 9.17) is 37.4 Å². The molecule has 0 saturated heterocycles. The van der Waals surface area contributed by atoms with E-state index in [1.54, 1.807) is 42.2 Å². The van der Waals surface area contributed by atoms with Gasteiger partial charge in [0.1, 0.15) is 18.1 Å². The first-order valence-electron chi connectivity index (χ1n) is 12.4. The van der Waals surface area contributed by atoms with Crippen molar-refractivity contribution in [1.29, 1.82) is 0 Å². The molecule has 2 atom stereocenters. The maximum Gasteiger partial charge on any atom is 0.333 e. The molecule has 0 fully saturated rings. The number of nitrogens with one attached hydrogen (secondary N) is 1. The first-order chi connectivity index (χ1) is 17.7. The average molecular weight is 555 g/mol. The Morgan fingerprint density at radius 2 is 1.62 bits per heavy atom. The molecule has 204 valence electrons. The highest BCUT2D eigenvalue weighted by Gasteiger charge is 2.18. The minimum Gasteiger partial charge on any atom is -0.493 e. The van der Waals surface area contributed by atoms with E-state index in [0.29, 0.717) is 60.9 Å². The van der Waals surface area contributed by atoms with E-state index in [-0.39, 0.29) is 18.5 Å². The third-order valence-electron chi connectivity index (χ3n) is 5.56. The summed E-state index contributed by atoms with van der Waals surface area (Å²) in [5.74, 6) is 0.228. The largest absolute Gasteiger partial charge is 0.493 e. The summed E-state index contributed by atoms with van der Waals surface area (Å²) in [5, 5.41) is 13.2. The Labute approximate surface area is 228 Å². The zero-order chi connectivity index (χ0) is 27.2. The van der Waals surface area contributed by atoms with Crippen molar-refractivity contribution in [1.82, 2.24) is 10.2 Å². The number of nitrogens with zero attached hydrogens (tertiary/aromatic N) is 1. The van der Waals surface area contributed by atoms with Gasteiger partial charge in [-0.1, -0.05) is 42.3 Å². The molecule has 0 aliphatic rings. The number of carbonyl (C=O) groups excluding carboxylic acids is 1. The number of urea groups is 1. The van der Waals surface area contributed by atoms with Gasteiger partial charge < -0.3 is 29.5 Å². The van der Waals surface area contributed by atoms with Gasteiger partial charge in [-0.15, -0.1) is 0 Å². The van der Waals surface area contributed by atoms with Gasteiger partial charge in [-0.25, -0.2) is 9.59 Å². The molecule has 0 aromatic heterocycles. The molecule has 2 aromatic rings. The van der Waals surface area contributed by atoms with Gasteiger partial charge in [0, 0.05) is 35.7 Å². The maximum absolute atomic E-state index is 12.8. The Hall–Kier alpha value is -2.68. The number of aliphatic carboxylic acids is 1. The van der Waals surface area contributed by atoms with E-state index >= 15 is 0 Å². The molecule has 37 heavy (non-hydrogen) atoms. The second kappa shape index (κ2) is 16.2. The van der Waals surface area contributed by atoms with Gasteiger partial charge in [0.25, 0.3) is 0 Å². The predicted molar refractivity (Wildman–Crippen MR) is 145 cm³/mol. The smallest absolute Gasteiger partial charge is 0.333 e. The van der Waals surface area contributed by atoms with Crippen LogP contribution in [-0.4, -0.2) is 67.1 Å². The molecule has 2 aromatic carbocycles. The minimum absolute atomic E-state index is 0.0552. The molecule has 0 bridgehead atoms. The van der Waals surface area contributed by atoms with Crippen LogP contribution < -0.4 is 14.8 Å². The Bertz CT molecular complexity index is 969. The van der Waals surface area contributed by atoms with Crippen LogP contribution in [0.4, 0.5) is 4.79 Å². The highest BCUT2D eigenvalue weighted by Crippen LogP contribution is 2.24. The molecule has 0 saturated carbocycles. The van der Waals surface area contributed by atoms with Crippen molar-refractivity contribution in [3.05, 3.63) is 58.1 Å². The molecule has 0 spiro atoms. The fourth-order valence-electron chi connectivity index (χ4n) is 3.40. The van der Waals surface area contributed by atoms with Crippen LogP contribution in [0.15, 0.2) is 42.5 Å². The van der Waals surface area contributed by atoms with Crippen LogP contribution in [0.1, 0.15) is 39.2 Å². The SMILES string of the molecule is CCOC(Cc1ccc(OCCN(CCCOc2cc(Cl)cc(Cl)c2)C(=O)NC(C)CC)cc1)C(=O)O. The fraction of sp³-hybridized carbons (Fsp3) is 0.481. The first kappa shape index (κ1) is 30.5. The lowest BCUT2D eigenvalue weighted by Gasteiger charge is -2.25. The summed E-state index contributed by atoms with van der Waals surface area (Å²) in [6.45, 7) is 7.63. The molecular weight excluding hydrogens is 519 g/mol. The molecule has 2 N–H and O–H groups in total. The van der Waals surface area contributed by atoms with Crippen molar-refractivity contribution in [2.24, 2.45) is 0 Å². The van der Waals surface area contributed by atoms with Crippen molar-refractivity contribution in [3.63, 3.8) is 0 Å². The maximum atomic E-state index is 12.8. The first-order valence-corrected chi connectivity index (χ1v) is 13.2. The average Bonchev–Trinajstić information content (AvgIpc) is 2.85. The Kier molecular flexibility index (Phi) is 13.4. The summed E-state index contributed by atoms with van der Waals surface area (Å²) in [7, 11) is 0. The van der Waals surface area contributed by atoms with E-state index < -0.39 is 12.1 Å². The van der Waals surface area contributed by atoms with Gasteiger partial charge in [-0.05, 0) is 62.6 Å². The minimum atomic E-state index is -0.986. The Balaban J connectivity index is 1.87. The summed E-state index contributed by atoms with van der Waals surface area (Å²) in [5.41, 5.74) is 0.837. The van der Waals surface area contributed by atoms with Gasteiger partial charge in [-0.2, -0.15) is 0 Å². The van der Waals surface area contributed by atoms with Gasteiger partial charge in [0.2, 0.25) is 0 Å². The zero-order valence-corrected chi connectivity index (χ0v) is 23.1. The molecule has 0 heterocycles. The fourth-order valence-corrected chi connectivity index (χ4v) is 3.91. The lowest BCUT2D eigenvalue weighted by atomic mass is 10.1. The zero-order valence-electron chi connectivity index (χ0n) is 21.5. The summed E-state index contributed by atoms with van der Waals surface area (Å²) in [4.78, 5) is 25.8. The number of carbonyl (C=O) groups is 2. The van der Waals surface area contributed by atoms with Crippen LogP contribution in [0.5, 0.6) is 11.5 Å². The van der Waals surface area contributed by atoms with E-state index in [9.17, 15) is 14.7 Å². The highest BCUT2D eigenvalue weighted by molar-refractivity contribution is 6.34. The Morgan fingerprint density at radius 1 is 0.973 bits per heavy atom. The van der Waals surface area contributed by atoms with E-state index in [0.717, 1.165) is 12.0 Å². The van der Waals surface area contributed by atoms with Crippen LogP contribution >= 0.6 is 23.2 Å². The number of halogens is 2. The van der Waals surface area contributed by atoms with Gasteiger partial charge in [-0.3, -0.25) is 0 Å². The van der Waals surface area contributed by atoms with Crippen molar-refractivity contribution >= 4 is 35.2 Å². The van der Waals surface area contributed by atoms with Crippen molar-refractivity contribution < 1.29 is 28.9 Å². The summed E-state index contributed by atoms with van der Waals surface area (Å²) < 4.78 is 16.9. The summed E-state index contributed by atoms with van der Waals surface area (Å²) >= 11 is 12.0. The molecule has 0 radical (unpaired) electrons. The quantitative estimate of drug-likeness (QED) is 0.259. The molecular formula is C27H36Cl2N2O6. The number of carboxylic acid groups (broad SMARTS) is 1. The van der Waals surface area contributed by atoms with Gasteiger partial charge in [0.15, 0.2) is 6.10 Å². The third-order valence-corrected chi connectivity index (χ3v) is 6.00. The molecule has 2 unspecified atom stereocenters. The van der Waals surface area contributed by atoms with Crippen molar-refractivity contribution in [2.75, 3.05) is 32.9 Å². The van der Waals surface area contributed by atoms with E-state index in [1.807, 2.05) is 26.0 Å². The molecule has 0 aliphatic carbocycles. The number of amides is 2. The van der Waals surface area contributed by atoms with Crippen molar-refractivity contribution in [2.45, 2.75) is 52.2 Å². The van der Waals surface area contributed by atoms with Crippen LogP contribution in [0.2, 0.25) is 10.0 Å². The molecule has 2 amide bonds. The van der Waals surface area contributed by atoms with E-state index in [1.165, 1.54) is 0 Å². The second-order valence-electron chi connectivity index (χ2n) is 8.53. The number of hydrogen-bond donors (Lipinski definition) is 2. The lowest BCUT2D eigenvalue weighted by Crippen LogP contribution is -2.45. The third kappa shape index (κ3) is 11.5. The normalized spacial score (nSPS) is 12.5. The topological polar surface area (TPSA) is 97.3 Å². The standard InChI is InChI=1S/C27H36Cl2N2O6/c1-4-19(3)30-27(34)31(11-6-13-36-24-17-21(28)16-22(29)18-24)12-14-37-23-9-7-20(8-10-23)15-25(26(32)33)35-5-2/h7-10,16-19,25H,4-6,11-15H2,1-3H3,(H,30,34)(H,32,33). The Morgan fingerprint density at radius 3 is 2.22 bits per heavy atom. The molecule has 0 aliphatic heterocycles.